The highest BCUT2D eigenvalue weighted by Crippen LogP contribution is 2.24. The molecule has 0 aliphatic carbocycles. The summed E-state index contributed by atoms with van der Waals surface area (Å²) in [5, 5.41) is 36.4. The Morgan fingerprint density at radius 3 is 0.613 bits per heavy atom. The van der Waals surface area contributed by atoms with E-state index < -0.39 is 11.6 Å². The van der Waals surface area contributed by atoms with Crippen LogP contribution in [0.15, 0.2) is 97.1 Å². The molecule has 0 aliphatic rings. The van der Waals surface area contributed by atoms with Gasteiger partial charge in [0, 0.05) is 0 Å². The molecule has 0 saturated carbocycles. The molecule has 0 fully saturated rings. The summed E-state index contributed by atoms with van der Waals surface area (Å²) >= 11 is -0.750. The zero-order chi connectivity index (χ0) is 22.6. The Bertz CT molecular complexity index is 927. The van der Waals surface area contributed by atoms with Crippen molar-refractivity contribution < 1.29 is 28.8 Å². The molecule has 0 radical (unpaired) electrons. The highest BCUT2D eigenvalue weighted by Gasteiger charge is 1.98. The predicted octanol–water partition coefficient (Wildman–Crippen LogP) is 4.86. The first-order valence-corrected chi connectivity index (χ1v) is 9.68. The summed E-state index contributed by atoms with van der Waals surface area (Å²) in [7, 11) is 0. The molecule has 0 heterocycles. The quantitative estimate of drug-likeness (QED) is 0.357. The van der Waals surface area contributed by atoms with Crippen LogP contribution in [-0.4, -0.2) is 28.8 Å². The average Bonchev–Trinajstić information content (AvgIpc) is 2.77. The highest BCUT2D eigenvalue weighted by molar-refractivity contribution is 7.51. The molecule has 4 aromatic rings. The Kier molecular flexibility index (Phi) is 8.82. The molecule has 0 aromatic heterocycles. The zero-order valence-corrected chi connectivity index (χ0v) is 17.1. The van der Waals surface area contributed by atoms with Gasteiger partial charge in [-0.1, -0.05) is 48.5 Å². The minimum atomic E-state index is -0.750. The second kappa shape index (κ2) is 11.8. The van der Waals surface area contributed by atoms with Crippen molar-refractivity contribution in [2.75, 3.05) is 0 Å². The third kappa shape index (κ3) is 7.68. The summed E-state index contributed by atoms with van der Waals surface area (Å²) in [5.41, 5.74) is 4.07. The van der Waals surface area contributed by atoms with Crippen LogP contribution in [0, 0.1) is 0 Å². The predicted molar refractivity (Wildman–Crippen MR) is 119 cm³/mol. The first kappa shape index (κ1) is 23.2. The lowest BCUT2D eigenvalue weighted by Crippen LogP contribution is -1.75. The average molecular weight is 436 g/mol. The Labute approximate surface area is 182 Å². The molecule has 4 rings (SSSR count). The van der Waals surface area contributed by atoms with Crippen LogP contribution >= 0.6 is 0 Å². The van der Waals surface area contributed by atoms with Crippen LogP contribution in [0.5, 0.6) is 23.0 Å². The van der Waals surface area contributed by atoms with E-state index in [-0.39, 0.29) is 23.0 Å². The van der Waals surface area contributed by atoms with Gasteiger partial charge in [0.25, 0.3) is 0 Å². The molecular weight excluding hydrogens is 416 g/mol. The number of rotatable bonds is 2. The van der Waals surface area contributed by atoms with Gasteiger partial charge in [-0.15, -0.1) is 0 Å². The summed E-state index contributed by atoms with van der Waals surface area (Å²) in [6.45, 7) is 0. The van der Waals surface area contributed by atoms with Gasteiger partial charge < -0.3 is 20.4 Å². The number of hydrogen-bond acceptors (Lipinski definition) is 6. The summed E-state index contributed by atoms with van der Waals surface area (Å²) in [6, 6.07) is 27.8. The molecule has 6 nitrogen and oxygen atoms in total. The van der Waals surface area contributed by atoms with E-state index in [0.717, 1.165) is 22.3 Å². The molecule has 0 bridgehead atoms. The van der Waals surface area contributed by atoms with E-state index >= 15 is 0 Å². The monoisotopic (exact) mass is 436 g/mol. The van der Waals surface area contributed by atoms with Crippen molar-refractivity contribution in [3.63, 3.8) is 0 Å². The Balaban J connectivity index is 0.000000196. The lowest BCUT2D eigenvalue weighted by atomic mass is 10.1. The fourth-order valence-electron chi connectivity index (χ4n) is 2.62. The van der Waals surface area contributed by atoms with Crippen LogP contribution in [0.4, 0.5) is 0 Å². The maximum atomic E-state index is 9.11. The van der Waals surface area contributed by atoms with E-state index in [9.17, 15) is 0 Å². The third-order valence-corrected chi connectivity index (χ3v) is 4.14. The molecule has 0 atom stereocenters. The van der Waals surface area contributed by atoms with Crippen LogP contribution in [-0.2, 0) is 11.6 Å². The molecular formula is C24H20O6S. The van der Waals surface area contributed by atoms with Gasteiger partial charge in [-0.2, -0.15) is 8.42 Å². The normalized spacial score (nSPS) is 9.42. The lowest BCUT2D eigenvalue weighted by molar-refractivity contribution is 0.474. The van der Waals surface area contributed by atoms with Gasteiger partial charge in [-0.05, 0) is 70.8 Å². The van der Waals surface area contributed by atoms with Gasteiger partial charge in [0.15, 0.2) is 0 Å². The van der Waals surface area contributed by atoms with Gasteiger partial charge >= 0.3 is 11.6 Å². The zero-order valence-electron chi connectivity index (χ0n) is 16.3. The number of aromatic hydroxyl groups is 4. The van der Waals surface area contributed by atoms with Crippen molar-refractivity contribution in [1.29, 1.82) is 0 Å². The van der Waals surface area contributed by atoms with Gasteiger partial charge in [-0.3, -0.25) is 0 Å². The van der Waals surface area contributed by atoms with E-state index in [1.165, 1.54) is 0 Å². The maximum Gasteiger partial charge on any atom is 0.335 e. The summed E-state index contributed by atoms with van der Waals surface area (Å²) in [4.78, 5) is 0. The summed E-state index contributed by atoms with van der Waals surface area (Å²) in [6.07, 6.45) is 0. The molecule has 158 valence electrons. The lowest BCUT2D eigenvalue weighted by Gasteiger charge is -2.01. The molecule has 7 heteroatoms. The molecule has 0 unspecified atom stereocenters. The van der Waals surface area contributed by atoms with E-state index in [1.807, 2.05) is 48.5 Å². The van der Waals surface area contributed by atoms with Crippen molar-refractivity contribution >= 4 is 11.6 Å². The van der Waals surface area contributed by atoms with Crippen LogP contribution < -0.4 is 0 Å². The minimum Gasteiger partial charge on any atom is -0.508 e. The van der Waals surface area contributed by atoms with Gasteiger partial charge in [0.05, 0.1) is 0 Å². The summed E-state index contributed by atoms with van der Waals surface area (Å²) in [5.74, 6) is 1.03. The second-order valence-corrected chi connectivity index (χ2v) is 6.39. The maximum absolute atomic E-state index is 9.11. The Morgan fingerprint density at radius 1 is 0.355 bits per heavy atom. The third-order valence-electron chi connectivity index (χ3n) is 4.14. The highest BCUT2D eigenvalue weighted by atomic mass is 32.1. The van der Waals surface area contributed by atoms with E-state index in [0.29, 0.717) is 0 Å². The fourth-order valence-corrected chi connectivity index (χ4v) is 2.62. The number of phenols is 4. The van der Waals surface area contributed by atoms with Gasteiger partial charge in [-0.25, -0.2) is 0 Å². The number of hydrogen-bond donors (Lipinski definition) is 4. The number of benzene rings is 4. The van der Waals surface area contributed by atoms with E-state index in [2.05, 4.69) is 0 Å². The molecule has 4 N–H and O–H groups in total. The van der Waals surface area contributed by atoms with Crippen molar-refractivity contribution in [3.8, 4) is 45.3 Å². The van der Waals surface area contributed by atoms with Gasteiger partial charge in [0.2, 0.25) is 0 Å². The standard InChI is InChI=1S/2C12H10O2.O2S/c2*13-11-5-1-9(2-6-11)10-3-7-12(14)8-4-10;1-3-2/h2*1-8,13-14H;. The van der Waals surface area contributed by atoms with Crippen molar-refractivity contribution in [3.05, 3.63) is 97.1 Å². The fraction of sp³-hybridized carbons (Fsp3) is 0. The van der Waals surface area contributed by atoms with Crippen molar-refractivity contribution in [2.45, 2.75) is 0 Å². The van der Waals surface area contributed by atoms with Crippen molar-refractivity contribution in [2.24, 2.45) is 0 Å². The minimum absolute atomic E-state index is 0.257. The molecule has 0 amide bonds. The van der Waals surface area contributed by atoms with Crippen LogP contribution in [0.3, 0.4) is 0 Å². The van der Waals surface area contributed by atoms with Crippen molar-refractivity contribution in [1.82, 2.24) is 0 Å². The Morgan fingerprint density at radius 2 is 0.484 bits per heavy atom. The van der Waals surface area contributed by atoms with Gasteiger partial charge in [0.1, 0.15) is 23.0 Å². The molecule has 0 aliphatic heterocycles. The number of phenolic OH excluding ortho intramolecular Hbond substituents is 4. The first-order valence-electron chi connectivity index (χ1n) is 9.01. The molecule has 4 aromatic carbocycles. The van der Waals surface area contributed by atoms with Crippen LogP contribution in [0.1, 0.15) is 0 Å². The molecule has 0 spiro atoms. The molecule has 31 heavy (non-hydrogen) atoms. The molecule has 0 saturated heterocycles. The van der Waals surface area contributed by atoms with E-state index in [1.54, 1.807) is 48.5 Å². The largest absolute Gasteiger partial charge is 0.508 e. The first-order chi connectivity index (χ1) is 14.9. The van der Waals surface area contributed by atoms with Crippen LogP contribution in [0.25, 0.3) is 22.3 Å². The second-order valence-electron chi connectivity index (χ2n) is 6.26. The van der Waals surface area contributed by atoms with E-state index in [4.69, 9.17) is 28.8 Å². The topological polar surface area (TPSA) is 115 Å². The van der Waals surface area contributed by atoms with Crippen LogP contribution in [0.2, 0.25) is 0 Å². The summed E-state index contributed by atoms with van der Waals surface area (Å²) < 4.78 is 16.6. The SMILES string of the molecule is O=S=O.Oc1ccc(-c2ccc(O)cc2)cc1.Oc1ccc(-c2ccc(O)cc2)cc1. The smallest absolute Gasteiger partial charge is 0.335 e. The Hall–Kier alpha value is -4.10.